The number of hydrogen-bond acceptors (Lipinski definition) is 5. The highest BCUT2D eigenvalue weighted by Gasteiger charge is 2.47. The second kappa shape index (κ2) is 8.03. The monoisotopic (exact) mass is 367 g/mol. The van der Waals surface area contributed by atoms with E-state index in [4.69, 9.17) is 4.74 Å². The van der Waals surface area contributed by atoms with Gasteiger partial charge in [0.05, 0.1) is 14.2 Å². The van der Waals surface area contributed by atoms with Crippen LogP contribution in [-0.4, -0.2) is 43.1 Å². The lowest BCUT2D eigenvalue weighted by molar-refractivity contribution is -0.148. The maximum atomic E-state index is 12.6. The van der Waals surface area contributed by atoms with Gasteiger partial charge in [-0.05, 0) is 29.5 Å². The van der Waals surface area contributed by atoms with Gasteiger partial charge in [0.2, 0.25) is 5.91 Å². The molecular weight excluding hydrogens is 346 g/mol. The van der Waals surface area contributed by atoms with E-state index in [0.29, 0.717) is 6.42 Å². The molecule has 3 rings (SSSR count). The van der Waals surface area contributed by atoms with Crippen LogP contribution in [0.2, 0.25) is 0 Å². The minimum Gasteiger partial charge on any atom is -0.467 e. The molecule has 0 bridgehead atoms. The van der Waals surface area contributed by atoms with Gasteiger partial charge in [-0.1, -0.05) is 54.6 Å². The molecule has 2 aromatic rings. The van der Waals surface area contributed by atoms with Gasteiger partial charge < -0.3 is 9.47 Å². The van der Waals surface area contributed by atoms with Crippen LogP contribution in [0.4, 0.5) is 4.79 Å². The van der Waals surface area contributed by atoms with Crippen LogP contribution in [-0.2, 0) is 25.5 Å². The van der Waals surface area contributed by atoms with Crippen LogP contribution in [0.15, 0.2) is 54.6 Å². The highest BCUT2D eigenvalue weighted by Crippen LogP contribution is 2.30. The lowest BCUT2D eigenvalue weighted by atomic mass is 9.94. The molecule has 0 aromatic heterocycles. The van der Waals surface area contributed by atoms with Crippen molar-refractivity contribution >= 4 is 18.0 Å². The number of amides is 2. The number of esters is 1. The molecule has 2 amide bonds. The Morgan fingerprint density at radius 1 is 0.963 bits per heavy atom. The summed E-state index contributed by atoms with van der Waals surface area (Å²) in [5, 5.41) is 0. The predicted octanol–water partition coefficient (Wildman–Crippen LogP) is 3.05. The zero-order valence-electron chi connectivity index (χ0n) is 15.3. The van der Waals surface area contributed by atoms with Crippen molar-refractivity contribution in [2.45, 2.75) is 18.9 Å². The fraction of sp³-hybridized carbons (Fsp3) is 0.286. The first-order chi connectivity index (χ1) is 13.0. The predicted molar refractivity (Wildman–Crippen MR) is 98.7 cm³/mol. The van der Waals surface area contributed by atoms with Gasteiger partial charge in [-0.2, -0.15) is 0 Å². The van der Waals surface area contributed by atoms with Crippen molar-refractivity contribution in [2.24, 2.45) is 5.92 Å². The lowest BCUT2D eigenvalue weighted by Crippen LogP contribution is -2.43. The minimum atomic E-state index is -0.941. The van der Waals surface area contributed by atoms with Gasteiger partial charge in [0, 0.05) is 5.92 Å². The van der Waals surface area contributed by atoms with Crippen molar-refractivity contribution < 1.29 is 23.9 Å². The number of ether oxygens (including phenoxy) is 2. The molecule has 0 unspecified atom stereocenters. The van der Waals surface area contributed by atoms with Gasteiger partial charge in [-0.15, -0.1) is 0 Å². The smallest absolute Gasteiger partial charge is 0.417 e. The molecule has 0 spiro atoms. The number of nitrogens with zero attached hydrogens (tertiary/aromatic N) is 1. The number of carbonyl (C=O) groups excluding carboxylic acids is 3. The van der Waals surface area contributed by atoms with Gasteiger partial charge in [0.25, 0.3) is 0 Å². The maximum Gasteiger partial charge on any atom is 0.417 e. The molecule has 1 aliphatic rings. The van der Waals surface area contributed by atoms with E-state index in [1.54, 1.807) is 0 Å². The van der Waals surface area contributed by atoms with Crippen molar-refractivity contribution in [1.29, 1.82) is 0 Å². The van der Waals surface area contributed by atoms with Gasteiger partial charge >= 0.3 is 12.1 Å². The lowest BCUT2D eigenvalue weighted by Gasteiger charge is -2.18. The first-order valence-corrected chi connectivity index (χ1v) is 8.68. The Bertz CT molecular complexity index is 831. The summed E-state index contributed by atoms with van der Waals surface area (Å²) in [6.45, 7) is 0. The Hall–Kier alpha value is -3.15. The van der Waals surface area contributed by atoms with Crippen LogP contribution >= 0.6 is 0 Å². The van der Waals surface area contributed by atoms with Crippen molar-refractivity contribution in [3.05, 3.63) is 60.2 Å². The van der Waals surface area contributed by atoms with Gasteiger partial charge in [-0.25, -0.2) is 14.5 Å². The van der Waals surface area contributed by atoms with E-state index < -0.39 is 29.9 Å². The number of rotatable bonds is 4. The zero-order chi connectivity index (χ0) is 19.4. The molecule has 140 valence electrons. The molecule has 2 atom stereocenters. The Labute approximate surface area is 157 Å². The molecule has 0 saturated carbocycles. The van der Waals surface area contributed by atoms with Crippen LogP contribution in [0.5, 0.6) is 0 Å². The third kappa shape index (κ3) is 3.84. The first-order valence-electron chi connectivity index (χ1n) is 8.68. The number of likely N-dealkylation sites (tertiary alicyclic amines) is 1. The summed E-state index contributed by atoms with van der Waals surface area (Å²) in [6.07, 6.45) is -0.173. The summed E-state index contributed by atoms with van der Waals surface area (Å²) in [5.74, 6) is -1.50. The highest BCUT2D eigenvalue weighted by atomic mass is 16.5. The Balaban J connectivity index is 1.76. The van der Waals surface area contributed by atoms with Gasteiger partial charge in [-0.3, -0.25) is 4.79 Å². The number of carbonyl (C=O) groups is 3. The van der Waals surface area contributed by atoms with Gasteiger partial charge in [0.1, 0.15) is 6.04 Å². The van der Waals surface area contributed by atoms with Crippen LogP contribution in [0.1, 0.15) is 12.0 Å². The number of hydrogen-bond donors (Lipinski definition) is 0. The largest absolute Gasteiger partial charge is 0.467 e. The Kier molecular flexibility index (Phi) is 5.54. The summed E-state index contributed by atoms with van der Waals surface area (Å²) in [5.41, 5.74) is 3.16. The van der Waals surface area contributed by atoms with E-state index in [9.17, 15) is 14.4 Å². The Morgan fingerprint density at radius 3 is 2.19 bits per heavy atom. The molecule has 1 saturated heterocycles. The molecule has 0 N–H and O–H groups in total. The zero-order valence-corrected chi connectivity index (χ0v) is 15.3. The molecule has 1 aliphatic heterocycles. The molecule has 0 aliphatic carbocycles. The van der Waals surface area contributed by atoms with Crippen molar-refractivity contribution in [3.63, 3.8) is 0 Å². The maximum absolute atomic E-state index is 12.6. The molecule has 2 aromatic carbocycles. The van der Waals surface area contributed by atoms with Crippen LogP contribution in [0, 0.1) is 5.92 Å². The minimum absolute atomic E-state index is 0.223. The van der Waals surface area contributed by atoms with Crippen LogP contribution < -0.4 is 0 Å². The van der Waals surface area contributed by atoms with E-state index in [1.165, 1.54) is 14.2 Å². The summed E-state index contributed by atoms with van der Waals surface area (Å²) in [4.78, 5) is 37.4. The molecule has 1 fully saturated rings. The number of methoxy groups -OCH3 is 2. The van der Waals surface area contributed by atoms with E-state index in [-0.39, 0.29) is 6.42 Å². The first kappa shape index (κ1) is 18.6. The summed E-state index contributed by atoms with van der Waals surface area (Å²) in [7, 11) is 2.41. The summed E-state index contributed by atoms with van der Waals surface area (Å²) in [6, 6.07) is 17.0. The molecule has 0 radical (unpaired) electrons. The highest BCUT2D eigenvalue weighted by molar-refractivity contribution is 6.00. The summed E-state index contributed by atoms with van der Waals surface area (Å²) < 4.78 is 9.38. The average Bonchev–Trinajstić information content (AvgIpc) is 3.04. The molecule has 6 heteroatoms. The molecule has 27 heavy (non-hydrogen) atoms. The molecular formula is C21H21NO5. The van der Waals surface area contributed by atoms with Crippen molar-refractivity contribution in [3.8, 4) is 11.1 Å². The SMILES string of the molecule is COC(=O)[C@@H]1C[C@@H](Cc2ccc(-c3ccccc3)cc2)C(=O)N1C(=O)OC. The Morgan fingerprint density at radius 2 is 1.59 bits per heavy atom. The van der Waals surface area contributed by atoms with E-state index in [2.05, 4.69) is 4.74 Å². The number of benzene rings is 2. The second-order valence-electron chi connectivity index (χ2n) is 6.42. The number of imide groups is 1. The fourth-order valence-electron chi connectivity index (χ4n) is 3.40. The van der Waals surface area contributed by atoms with Crippen LogP contribution in [0.25, 0.3) is 11.1 Å². The normalized spacial score (nSPS) is 19.0. The van der Waals surface area contributed by atoms with E-state index in [0.717, 1.165) is 21.6 Å². The standard InChI is InChI=1S/C21H21NO5/c1-26-20(24)18-13-17(19(23)22(18)21(25)27-2)12-14-8-10-16(11-9-14)15-6-4-3-5-7-15/h3-11,17-18H,12-13H2,1-2H3/t17-,18+/m1/s1. The quantitative estimate of drug-likeness (QED) is 0.777. The van der Waals surface area contributed by atoms with Gasteiger partial charge in [0.15, 0.2) is 0 Å². The fourth-order valence-corrected chi connectivity index (χ4v) is 3.40. The third-order valence-electron chi connectivity index (χ3n) is 4.79. The molecule has 6 nitrogen and oxygen atoms in total. The van der Waals surface area contributed by atoms with E-state index in [1.807, 2.05) is 54.6 Å². The molecule has 1 heterocycles. The average molecular weight is 367 g/mol. The van der Waals surface area contributed by atoms with Crippen LogP contribution in [0.3, 0.4) is 0 Å². The topological polar surface area (TPSA) is 72.9 Å². The second-order valence-corrected chi connectivity index (χ2v) is 6.42. The summed E-state index contributed by atoms with van der Waals surface area (Å²) >= 11 is 0. The third-order valence-corrected chi connectivity index (χ3v) is 4.79. The van der Waals surface area contributed by atoms with Crippen molar-refractivity contribution in [2.75, 3.05) is 14.2 Å². The van der Waals surface area contributed by atoms with Crippen molar-refractivity contribution in [1.82, 2.24) is 4.90 Å². The van der Waals surface area contributed by atoms with E-state index >= 15 is 0 Å².